The zero-order valence-corrected chi connectivity index (χ0v) is 22.3. The Balaban J connectivity index is 1.44. The van der Waals surface area contributed by atoms with Crippen molar-refractivity contribution < 1.29 is 9.53 Å². The fourth-order valence-corrected chi connectivity index (χ4v) is 5.25. The molecule has 8 heteroatoms. The molecule has 0 aromatic carbocycles. The van der Waals surface area contributed by atoms with Crippen LogP contribution in [0.25, 0.3) is 11.1 Å². The number of pyridine rings is 1. The van der Waals surface area contributed by atoms with Crippen LogP contribution >= 0.6 is 0 Å². The summed E-state index contributed by atoms with van der Waals surface area (Å²) in [6.07, 6.45) is 7.27. The van der Waals surface area contributed by atoms with Gasteiger partial charge in [0.25, 0.3) is 5.91 Å². The maximum atomic E-state index is 12.8. The highest BCUT2D eigenvalue weighted by atomic mass is 28.3. The number of nitrogens with one attached hydrogen (secondary N) is 1. The summed E-state index contributed by atoms with van der Waals surface area (Å²) in [5.41, 5.74) is 12.0. The molecular weight excluding hydrogens is 442 g/mol. The van der Waals surface area contributed by atoms with Gasteiger partial charge < -0.3 is 15.8 Å². The minimum Gasteiger partial charge on any atom is -0.394 e. The molecule has 0 spiro atoms. The summed E-state index contributed by atoms with van der Waals surface area (Å²) in [4.78, 5) is 17.3. The summed E-state index contributed by atoms with van der Waals surface area (Å²) in [6, 6.07) is 4.97. The van der Waals surface area contributed by atoms with Crippen LogP contribution in [0.15, 0.2) is 29.6 Å². The number of aromatic nitrogens is 3. The predicted molar refractivity (Wildman–Crippen MR) is 139 cm³/mol. The van der Waals surface area contributed by atoms with Gasteiger partial charge in [0.15, 0.2) is 0 Å². The predicted octanol–water partition coefficient (Wildman–Crippen LogP) is 5.10. The van der Waals surface area contributed by atoms with E-state index in [2.05, 4.69) is 36.9 Å². The first kappa shape index (κ1) is 24.7. The molecule has 7 nitrogen and oxygen atoms in total. The van der Waals surface area contributed by atoms with E-state index in [1.165, 1.54) is 5.57 Å². The van der Waals surface area contributed by atoms with Gasteiger partial charge in [-0.05, 0) is 74.6 Å². The van der Waals surface area contributed by atoms with E-state index < -0.39 is 8.07 Å². The molecule has 184 valence electrons. The quantitative estimate of drug-likeness (QED) is 0.264. The minimum atomic E-state index is -1.12. The Morgan fingerprint density at radius 3 is 2.41 bits per heavy atom. The normalized spacial score (nSPS) is 15.9. The average molecular weight is 482 g/mol. The van der Waals surface area contributed by atoms with Gasteiger partial charge in [0.1, 0.15) is 12.5 Å². The third-order valence-electron chi connectivity index (χ3n) is 6.66. The Bertz CT molecular complexity index is 1050. The molecule has 2 fully saturated rings. The molecule has 3 N–H and O–H groups in total. The first-order valence-corrected chi connectivity index (χ1v) is 16.3. The summed E-state index contributed by atoms with van der Waals surface area (Å²) in [6.45, 7) is 12.4. The minimum absolute atomic E-state index is 0.234. The number of aryl methyl sites for hydroxylation is 1. The van der Waals surface area contributed by atoms with Crippen molar-refractivity contribution in [1.82, 2.24) is 14.8 Å². The molecule has 2 aromatic rings. The van der Waals surface area contributed by atoms with E-state index in [4.69, 9.17) is 15.6 Å². The summed E-state index contributed by atoms with van der Waals surface area (Å²) in [5.74, 6) is 1.31. The van der Waals surface area contributed by atoms with Crippen molar-refractivity contribution in [3.8, 4) is 11.1 Å². The van der Waals surface area contributed by atoms with Gasteiger partial charge in [-0.2, -0.15) is 5.10 Å². The summed E-state index contributed by atoms with van der Waals surface area (Å²) >= 11 is 0. The van der Waals surface area contributed by atoms with Crippen molar-refractivity contribution in [3.63, 3.8) is 0 Å². The van der Waals surface area contributed by atoms with Crippen LogP contribution < -0.4 is 11.1 Å². The lowest BCUT2D eigenvalue weighted by Crippen LogP contribution is -2.23. The Morgan fingerprint density at radius 2 is 1.88 bits per heavy atom. The Kier molecular flexibility index (Phi) is 7.28. The van der Waals surface area contributed by atoms with Gasteiger partial charge in [-0.3, -0.25) is 4.79 Å². The third kappa shape index (κ3) is 5.96. The van der Waals surface area contributed by atoms with Crippen LogP contribution in [0.1, 0.15) is 44.0 Å². The van der Waals surface area contributed by atoms with Gasteiger partial charge in [-0.15, -0.1) is 0 Å². The van der Waals surface area contributed by atoms with Crippen LogP contribution in [0.5, 0.6) is 0 Å². The van der Waals surface area contributed by atoms with Crippen molar-refractivity contribution in [3.05, 3.63) is 41.0 Å². The second kappa shape index (κ2) is 10.0. The highest BCUT2D eigenvalue weighted by molar-refractivity contribution is 6.76. The van der Waals surface area contributed by atoms with Crippen LogP contribution in [0.3, 0.4) is 0 Å². The zero-order valence-electron chi connectivity index (χ0n) is 21.3. The third-order valence-corrected chi connectivity index (χ3v) is 8.37. The van der Waals surface area contributed by atoms with Crippen LogP contribution in [0.2, 0.25) is 25.7 Å². The largest absolute Gasteiger partial charge is 0.394 e. The highest BCUT2D eigenvalue weighted by Gasteiger charge is 2.39. The number of carbonyl (C=O) groups excluding carboxylic acids is 1. The van der Waals surface area contributed by atoms with Crippen molar-refractivity contribution >= 4 is 19.8 Å². The van der Waals surface area contributed by atoms with E-state index in [-0.39, 0.29) is 5.91 Å². The maximum Gasteiger partial charge on any atom is 0.272 e. The second-order valence-corrected chi connectivity index (χ2v) is 16.5. The summed E-state index contributed by atoms with van der Waals surface area (Å²) < 4.78 is 7.91. The average Bonchev–Trinajstić information content (AvgIpc) is 3.71. The van der Waals surface area contributed by atoms with E-state index >= 15 is 0 Å². The van der Waals surface area contributed by atoms with Gasteiger partial charge in [0, 0.05) is 37.7 Å². The van der Waals surface area contributed by atoms with Crippen molar-refractivity contribution in [2.24, 2.45) is 17.6 Å². The number of hydrogen-bond acceptors (Lipinski definition) is 5. The smallest absolute Gasteiger partial charge is 0.272 e. The zero-order chi connectivity index (χ0) is 24.5. The summed E-state index contributed by atoms with van der Waals surface area (Å²) in [7, 11) is -1.12. The van der Waals surface area contributed by atoms with Gasteiger partial charge in [-0.25, -0.2) is 9.67 Å². The molecule has 2 saturated carbocycles. The molecule has 1 amide bonds. The molecule has 4 rings (SSSR count). The lowest BCUT2D eigenvalue weighted by Gasteiger charge is -2.16. The molecule has 0 atom stereocenters. The standard InChI is InChI=1S/C26H39N5O2Si/c1-6-21-23(17(2)30-31(21)16-33-13-14-34(3,4)5)20-11-12-22(28-15-20)29-26(32)25(27)24(18-7-8-18)19-9-10-19/h11-12,15,18-19H,6-10,13-14,16,27H2,1-5H3,(H,28,29,32). The number of nitrogens with two attached hydrogens (primary N) is 1. The molecule has 0 bridgehead atoms. The molecule has 2 heterocycles. The maximum absolute atomic E-state index is 12.8. The first-order valence-electron chi connectivity index (χ1n) is 12.6. The lowest BCUT2D eigenvalue weighted by atomic mass is 10.0. The lowest BCUT2D eigenvalue weighted by molar-refractivity contribution is -0.113. The van der Waals surface area contributed by atoms with Crippen molar-refractivity contribution in [1.29, 1.82) is 0 Å². The summed E-state index contributed by atoms with van der Waals surface area (Å²) in [5, 5.41) is 7.62. The van der Waals surface area contributed by atoms with E-state index in [9.17, 15) is 4.79 Å². The van der Waals surface area contributed by atoms with Crippen LogP contribution in [-0.4, -0.2) is 35.4 Å². The van der Waals surface area contributed by atoms with E-state index in [1.54, 1.807) is 6.20 Å². The van der Waals surface area contributed by atoms with Crippen LogP contribution in [0, 0.1) is 18.8 Å². The molecule has 2 aliphatic carbocycles. The van der Waals surface area contributed by atoms with Gasteiger partial charge in [0.2, 0.25) is 0 Å². The number of carbonyl (C=O) groups is 1. The molecule has 0 saturated heterocycles. The SMILES string of the molecule is CCc1c(-c2ccc(NC(=O)C(N)=C(C3CC3)C3CC3)nc2)c(C)nn1COCC[Si](C)(C)C. The number of hydrogen-bond donors (Lipinski definition) is 2. The number of nitrogens with zero attached hydrogens (tertiary/aromatic N) is 3. The van der Waals surface area contributed by atoms with Crippen molar-refractivity contribution in [2.45, 2.75) is 78.4 Å². The highest BCUT2D eigenvalue weighted by Crippen LogP contribution is 2.49. The van der Waals surface area contributed by atoms with Crippen LogP contribution in [0.4, 0.5) is 5.82 Å². The van der Waals surface area contributed by atoms with Gasteiger partial charge >= 0.3 is 0 Å². The number of rotatable bonds is 11. The van der Waals surface area contributed by atoms with Gasteiger partial charge in [0.05, 0.1) is 11.4 Å². The molecular formula is C26H39N5O2Si. The Labute approximate surface area is 204 Å². The second-order valence-electron chi connectivity index (χ2n) is 10.9. The first-order chi connectivity index (χ1) is 16.2. The van der Waals surface area contributed by atoms with Gasteiger partial charge in [-0.1, -0.05) is 26.6 Å². The molecule has 0 aliphatic heterocycles. The number of anilines is 1. The molecule has 0 radical (unpaired) electrons. The molecule has 34 heavy (non-hydrogen) atoms. The molecule has 2 aliphatic rings. The number of ether oxygens (including phenoxy) is 1. The Hall–Kier alpha value is -2.45. The monoisotopic (exact) mass is 481 g/mol. The number of allylic oxidation sites excluding steroid dienone is 1. The molecule has 2 aromatic heterocycles. The van der Waals surface area contributed by atoms with E-state index in [1.807, 2.05) is 23.7 Å². The molecule has 0 unspecified atom stereocenters. The van der Waals surface area contributed by atoms with E-state index in [0.29, 0.717) is 30.1 Å². The van der Waals surface area contributed by atoms with Crippen molar-refractivity contribution in [2.75, 3.05) is 11.9 Å². The fraction of sp³-hybridized carbons (Fsp3) is 0.577. The van der Waals surface area contributed by atoms with E-state index in [0.717, 1.165) is 67.3 Å². The van der Waals surface area contributed by atoms with Crippen LogP contribution in [-0.2, 0) is 22.7 Å². The topological polar surface area (TPSA) is 95.1 Å². The Morgan fingerprint density at radius 1 is 1.21 bits per heavy atom. The number of amides is 1. The fourth-order valence-electron chi connectivity index (χ4n) is 4.49.